The smallest absolute Gasteiger partial charge is 0.264 e. The van der Waals surface area contributed by atoms with Gasteiger partial charge in [0.1, 0.15) is 0 Å². The standard InChI is InChI=1S/C15H17NO4S2/c1-3-16(13-7-5-4-6-8-13)22(19,20)15-11-9-14(10-12-15)21(2,17)18/h4-12H,3H2,1-2H3. The van der Waals surface area contributed by atoms with E-state index in [2.05, 4.69) is 0 Å². The largest absolute Gasteiger partial charge is 0.267 e. The van der Waals surface area contributed by atoms with Gasteiger partial charge in [0, 0.05) is 12.8 Å². The van der Waals surface area contributed by atoms with E-state index in [-0.39, 0.29) is 16.3 Å². The topological polar surface area (TPSA) is 71.5 Å². The summed E-state index contributed by atoms with van der Waals surface area (Å²) in [6.45, 7) is 2.02. The van der Waals surface area contributed by atoms with Crippen molar-refractivity contribution in [2.45, 2.75) is 16.7 Å². The first-order valence-corrected chi connectivity index (χ1v) is 9.98. The first-order chi connectivity index (χ1) is 10.3. The number of hydrogen-bond acceptors (Lipinski definition) is 4. The third kappa shape index (κ3) is 3.31. The molecular weight excluding hydrogens is 322 g/mol. The molecule has 22 heavy (non-hydrogen) atoms. The maximum Gasteiger partial charge on any atom is 0.264 e. The normalized spacial score (nSPS) is 12.1. The number of benzene rings is 2. The number of hydrogen-bond donors (Lipinski definition) is 0. The van der Waals surface area contributed by atoms with Crippen LogP contribution in [-0.2, 0) is 19.9 Å². The van der Waals surface area contributed by atoms with Crippen molar-refractivity contribution in [1.29, 1.82) is 0 Å². The molecule has 0 unspecified atom stereocenters. The molecule has 0 bridgehead atoms. The van der Waals surface area contributed by atoms with Crippen molar-refractivity contribution in [3.63, 3.8) is 0 Å². The highest BCUT2D eigenvalue weighted by Crippen LogP contribution is 2.24. The van der Waals surface area contributed by atoms with Crippen LogP contribution in [-0.4, -0.2) is 29.6 Å². The van der Waals surface area contributed by atoms with E-state index >= 15 is 0 Å². The highest BCUT2D eigenvalue weighted by atomic mass is 32.2. The van der Waals surface area contributed by atoms with Crippen LogP contribution < -0.4 is 4.31 Å². The van der Waals surface area contributed by atoms with E-state index in [1.165, 1.54) is 28.6 Å². The minimum absolute atomic E-state index is 0.0607. The Morgan fingerprint density at radius 3 is 1.77 bits per heavy atom. The summed E-state index contributed by atoms with van der Waals surface area (Å²) in [5.74, 6) is 0. The molecule has 0 fully saturated rings. The van der Waals surface area contributed by atoms with E-state index < -0.39 is 19.9 Å². The van der Waals surface area contributed by atoms with Crippen molar-refractivity contribution in [2.24, 2.45) is 0 Å². The molecule has 0 amide bonds. The van der Waals surface area contributed by atoms with Crippen LogP contribution in [0.3, 0.4) is 0 Å². The molecule has 0 N–H and O–H groups in total. The zero-order chi connectivity index (χ0) is 16.4. The second kappa shape index (κ2) is 6.10. The predicted octanol–water partition coefficient (Wildman–Crippen LogP) is 2.31. The number of para-hydroxylation sites is 1. The summed E-state index contributed by atoms with van der Waals surface area (Å²) in [4.78, 5) is 0.153. The van der Waals surface area contributed by atoms with Crippen molar-refractivity contribution in [2.75, 3.05) is 17.1 Å². The Bertz CT molecular complexity index is 842. The van der Waals surface area contributed by atoms with Gasteiger partial charge < -0.3 is 0 Å². The van der Waals surface area contributed by atoms with Crippen molar-refractivity contribution in [3.8, 4) is 0 Å². The molecule has 0 aliphatic carbocycles. The maximum atomic E-state index is 12.7. The monoisotopic (exact) mass is 339 g/mol. The fraction of sp³-hybridized carbons (Fsp3) is 0.200. The SMILES string of the molecule is CCN(c1ccccc1)S(=O)(=O)c1ccc(S(C)(=O)=O)cc1. The molecule has 0 saturated carbocycles. The molecule has 0 heterocycles. The zero-order valence-electron chi connectivity index (χ0n) is 12.3. The van der Waals surface area contributed by atoms with E-state index in [0.29, 0.717) is 5.69 Å². The van der Waals surface area contributed by atoms with E-state index in [1.807, 2.05) is 6.07 Å². The molecule has 5 nitrogen and oxygen atoms in total. The fourth-order valence-corrected chi connectivity index (χ4v) is 4.18. The van der Waals surface area contributed by atoms with Crippen molar-refractivity contribution >= 4 is 25.5 Å². The number of rotatable bonds is 5. The van der Waals surface area contributed by atoms with Crippen LogP contribution in [0.1, 0.15) is 6.92 Å². The lowest BCUT2D eigenvalue weighted by Crippen LogP contribution is -2.30. The van der Waals surface area contributed by atoms with E-state index in [4.69, 9.17) is 0 Å². The summed E-state index contributed by atoms with van der Waals surface area (Å²) in [5.41, 5.74) is 0.567. The summed E-state index contributed by atoms with van der Waals surface area (Å²) >= 11 is 0. The van der Waals surface area contributed by atoms with Gasteiger partial charge in [-0.1, -0.05) is 18.2 Å². The lowest BCUT2D eigenvalue weighted by molar-refractivity contribution is 0.590. The molecule has 2 rings (SSSR count). The van der Waals surface area contributed by atoms with Gasteiger partial charge in [-0.2, -0.15) is 0 Å². The Labute approximate surface area is 131 Å². The van der Waals surface area contributed by atoms with Gasteiger partial charge in [-0.3, -0.25) is 4.31 Å². The van der Waals surface area contributed by atoms with Crippen molar-refractivity contribution < 1.29 is 16.8 Å². The highest BCUT2D eigenvalue weighted by molar-refractivity contribution is 7.93. The maximum absolute atomic E-state index is 12.7. The van der Waals surface area contributed by atoms with Crippen LogP contribution in [0.15, 0.2) is 64.4 Å². The van der Waals surface area contributed by atoms with Crippen LogP contribution in [0.4, 0.5) is 5.69 Å². The molecule has 2 aromatic carbocycles. The first kappa shape index (κ1) is 16.5. The van der Waals surface area contributed by atoms with Gasteiger partial charge in [0.05, 0.1) is 15.5 Å². The van der Waals surface area contributed by atoms with E-state index in [1.54, 1.807) is 31.2 Å². The second-order valence-corrected chi connectivity index (χ2v) is 8.63. The predicted molar refractivity (Wildman–Crippen MR) is 86.2 cm³/mol. The Kier molecular flexibility index (Phi) is 4.58. The number of nitrogens with zero attached hydrogens (tertiary/aromatic N) is 1. The molecule has 0 atom stereocenters. The molecule has 2 aromatic rings. The fourth-order valence-electron chi connectivity index (χ4n) is 2.07. The van der Waals surface area contributed by atoms with Gasteiger partial charge in [0.2, 0.25) is 0 Å². The van der Waals surface area contributed by atoms with Gasteiger partial charge in [-0.15, -0.1) is 0 Å². The molecule has 0 spiro atoms. The minimum atomic E-state index is -3.73. The second-order valence-electron chi connectivity index (χ2n) is 4.75. The van der Waals surface area contributed by atoms with Crippen LogP contribution in [0, 0.1) is 0 Å². The number of sulfonamides is 1. The van der Waals surface area contributed by atoms with Crippen LogP contribution >= 0.6 is 0 Å². The van der Waals surface area contributed by atoms with Gasteiger partial charge in [0.15, 0.2) is 9.84 Å². The summed E-state index contributed by atoms with van der Waals surface area (Å²) in [7, 11) is -7.08. The molecule has 0 saturated heterocycles. The summed E-state index contributed by atoms with van der Waals surface area (Å²) < 4.78 is 49.6. The highest BCUT2D eigenvalue weighted by Gasteiger charge is 2.23. The Hall–Kier alpha value is -1.86. The summed E-state index contributed by atoms with van der Waals surface area (Å²) in [6, 6.07) is 14.0. The molecule has 7 heteroatoms. The Balaban J connectivity index is 2.45. The molecule has 0 aliphatic rings. The quantitative estimate of drug-likeness (QED) is 0.838. The minimum Gasteiger partial charge on any atom is -0.267 e. The molecule has 0 aliphatic heterocycles. The van der Waals surface area contributed by atoms with E-state index in [9.17, 15) is 16.8 Å². The van der Waals surface area contributed by atoms with Gasteiger partial charge in [-0.05, 0) is 43.3 Å². The summed E-state index contributed by atoms with van der Waals surface area (Å²) in [5, 5.41) is 0. The third-order valence-electron chi connectivity index (χ3n) is 3.17. The number of anilines is 1. The van der Waals surface area contributed by atoms with Crippen molar-refractivity contribution in [3.05, 3.63) is 54.6 Å². The molecule has 118 valence electrons. The van der Waals surface area contributed by atoms with Crippen LogP contribution in [0.5, 0.6) is 0 Å². The lowest BCUT2D eigenvalue weighted by atomic mass is 10.3. The van der Waals surface area contributed by atoms with E-state index in [0.717, 1.165) is 6.26 Å². The first-order valence-electron chi connectivity index (χ1n) is 6.64. The zero-order valence-corrected chi connectivity index (χ0v) is 13.9. The number of sulfone groups is 1. The Morgan fingerprint density at radius 1 is 0.818 bits per heavy atom. The molecule has 0 radical (unpaired) electrons. The van der Waals surface area contributed by atoms with Crippen LogP contribution in [0.25, 0.3) is 0 Å². The summed E-state index contributed by atoms with van der Waals surface area (Å²) in [6.07, 6.45) is 1.08. The molecular formula is C15H17NO4S2. The van der Waals surface area contributed by atoms with Gasteiger partial charge in [0.25, 0.3) is 10.0 Å². The lowest BCUT2D eigenvalue weighted by Gasteiger charge is -2.22. The average molecular weight is 339 g/mol. The van der Waals surface area contributed by atoms with Gasteiger partial charge >= 0.3 is 0 Å². The molecule has 0 aromatic heterocycles. The van der Waals surface area contributed by atoms with Gasteiger partial charge in [-0.25, -0.2) is 16.8 Å². The average Bonchev–Trinajstić information content (AvgIpc) is 2.48. The third-order valence-corrected chi connectivity index (χ3v) is 6.22. The van der Waals surface area contributed by atoms with Crippen molar-refractivity contribution in [1.82, 2.24) is 0 Å². The van der Waals surface area contributed by atoms with Crippen LogP contribution in [0.2, 0.25) is 0 Å². The Morgan fingerprint density at radius 2 is 1.32 bits per heavy atom.